The molecule has 0 heterocycles. The highest BCUT2D eigenvalue weighted by molar-refractivity contribution is 5.28. The second kappa shape index (κ2) is 6.67. The first kappa shape index (κ1) is 14.7. The van der Waals surface area contributed by atoms with Crippen molar-refractivity contribution in [2.75, 3.05) is 7.05 Å². The third-order valence-corrected chi connectivity index (χ3v) is 3.71. The summed E-state index contributed by atoms with van der Waals surface area (Å²) in [5.41, 5.74) is 3.75. The number of halogens is 1. The van der Waals surface area contributed by atoms with Crippen molar-refractivity contribution >= 4 is 0 Å². The summed E-state index contributed by atoms with van der Waals surface area (Å²) < 4.78 is 12.9. The van der Waals surface area contributed by atoms with E-state index < -0.39 is 0 Å². The molecule has 2 aromatic rings. The van der Waals surface area contributed by atoms with Gasteiger partial charge in [0.1, 0.15) is 5.82 Å². The van der Waals surface area contributed by atoms with Crippen molar-refractivity contribution in [3.8, 4) is 0 Å². The highest BCUT2D eigenvalue weighted by Crippen LogP contribution is 2.21. The van der Waals surface area contributed by atoms with Crippen LogP contribution in [0.1, 0.15) is 42.5 Å². The minimum Gasteiger partial charge on any atom is -0.313 e. The molecule has 20 heavy (non-hydrogen) atoms. The Labute approximate surface area is 120 Å². The molecule has 0 bridgehead atoms. The van der Waals surface area contributed by atoms with E-state index in [0.29, 0.717) is 5.92 Å². The number of hydrogen-bond acceptors (Lipinski definition) is 1. The van der Waals surface area contributed by atoms with Gasteiger partial charge in [-0.3, -0.25) is 0 Å². The summed E-state index contributed by atoms with van der Waals surface area (Å²) in [6.45, 7) is 4.39. The number of hydrogen-bond donors (Lipinski definition) is 1. The van der Waals surface area contributed by atoms with Crippen LogP contribution in [0.15, 0.2) is 48.5 Å². The number of nitrogens with one attached hydrogen (secondary N) is 1. The molecular formula is C18H22FN. The Morgan fingerprint density at radius 1 is 0.900 bits per heavy atom. The first-order valence-corrected chi connectivity index (χ1v) is 7.11. The van der Waals surface area contributed by atoms with Gasteiger partial charge in [-0.1, -0.05) is 50.2 Å². The van der Waals surface area contributed by atoms with Crippen molar-refractivity contribution in [2.24, 2.45) is 0 Å². The molecule has 0 aliphatic carbocycles. The second-order valence-electron chi connectivity index (χ2n) is 5.49. The van der Waals surface area contributed by atoms with Crippen LogP contribution in [0, 0.1) is 5.82 Å². The lowest BCUT2D eigenvalue weighted by Crippen LogP contribution is -2.18. The summed E-state index contributed by atoms with van der Waals surface area (Å²) in [6, 6.07) is 15.7. The number of benzene rings is 2. The fraction of sp³-hybridized carbons (Fsp3) is 0.333. The van der Waals surface area contributed by atoms with Gasteiger partial charge in [-0.15, -0.1) is 0 Å². The molecule has 1 atom stereocenters. The Kier molecular flexibility index (Phi) is 4.91. The standard InChI is InChI=1S/C18H22FN/c1-13(2)15-6-8-16(9-7-15)18(20-3)12-14-4-10-17(19)11-5-14/h4-11,13,18,20H,12H2,1-3H3. The average molecular weight is 271 g/mol. The van der Waals surface area contributed by atoms with E-state index in [1.165, 1.54) is 23.3 Å². The SMILES string of the molecule is CNC(Cc1ccc(F)cc1)c1ccc(C(C)C)cc1. The summed E-state index contributed by atoms with van der Waals surface area (Å²) in [7, 11) is 1.96. The maximum absolute atomic E-state index is 12.9. The van der Waals surface area contributed by atoms with Gasteiger partial charge in [-0.05, 0) is 48.2 Å². The van der Waals surface area contributed by atoms with E-state index in [-0.39, 0.29) is 11.9 Å². The minimum atomic E-state index is -0.184. The van der Waals surface area contributed by atoms with E-state index in [1.807, 2.05) is 19.2 Å². The Morgan fingerprint density at radius 3 is 1.95 bits per heavy atom. The summed E-state index contributed by atoms with van der Waals surface area (Å²) in [5, 5.41) is 3.34. The van der Waals surface area contributed by atoms with Gasteiger partial charge in [0.25, 0.3) is 0 Å². The van der Waals surface area contributed by atoms with Crippen molar-refractivity contribution in [3.63, 3.8) is 0 Å². The zero-order valence-corrected chi connectivity index (χ0v) is 12.4. The van der Waals surface area contributed by atoms with E-state index in [1.54, 1.807) is 0 Å². The Bertz CT molecular complexity index is 528. The minimum absolute atomic E-state index is 0.184. The molecule has 0 saturated carbocycles. The molecule has 0 aromatic heterocycles. The third kappa shape index (κ3) is 3.67. The van der Waals surface area contributed by atoms with E-state index in [2.05, 4.69) is 43.4 Å². The topological polar surface area (TPSA) is 12.0 Å². The van der Waals surface area contributed by atoms with E-state index in [9.17, 15) is 4.39 Å². The molecule has 2 heteroatoms. The van der Waals surface area contributed by atoms with Crippen molar-refractivity contribution < 1.29 is 4.39 Å². The molecule has 0 fully saturated rings. The lowest BCUT2D eigenvalue weighted by molar-refractivity contribution is 0.588. The number of rotatable bonds is 5. The quantitative estimate of drug-likeness (QED) is 0.847. The van der Waals surface area contributed by atoms with Crippen LogP contribution in [0.3, 0.4) is 0 Å². The van der Waals surface area contributed by atoms with Gasteiger partial charge in [0.2, 0.25) is 0 Å². The molecule has 2 rings (SSSR count). The predicted octanol–water partition coefficient (Wildman–Crippen LogP) is 4.45. The summed E-state index contributed by atoms with van der Waals surface area (Å²) >= 11 is 0. The molecule has 0 amide bonds. The fourth-order valence-corrected chi connectivity index (χ4v) is 2.36. The Balaban J connectivity index is 2.13. The normalized spacial score (nSPS) is 12.7. The van der Waals surface area contributed by atoms with Crippen LogP contribution in [0.4, 0.5) is 4.39 Å². The highest BCUT2D eigenvalue weighted by atomic mass is 19.1. The Hall–Kier alpha value is -1.67. The van der Waals surface area contributed by atoms with Gasteiger partial charge in [-0.25, -0.2) is 4.39 Å². The molecule has 0 radical (unpaired) electrons. The lowest BCUT2D eigenvalue weighted by Gasteiger charge is -2.18. The first-order valence-electron chi connectivity index (χ1n) is 7.11. The van der Waals surface area contributed by atoms with Gasteiger partial charge >= 0.3 is 0 Å². The molecule has 2 aromatic carbocycles. The van der Waals surface area contributed by atoms with Gasteiger partial charge in [-0.2, -0.15) is 0 Å². The molecule has 1 N–H and O–H groups in total. The predicted molar refractivity (Wildman–Crippen MR) is 82.4 cm³/mol. The molecule has 0 aliphatic rings. The van der Waals surface area contributed by atoms with Gasteiger partial charge in [0.05, 0.1) is 0 Å². The van der Waals surface area contributed by atoms with Crippen molar-refractivity contribution in [1.82, 2.24) is 5.32 Å². The molecular weight excluding hydrogens is 249 g/mol. The molecule has 1 nitrogen and oxygen atoms in total. The zero-order chi connectivity index (χ0) is 14.5. The van der Waals surface area contributed by atoms with Gasteiger partial charge < -0.3 is 5.32 Å². The van der Waals surface area contributed by atoms with Crippen LogP contribution in [0.2, 0.25) is 0 Å². The molecule has 106 valence electrons. The molecule has 0 saturated heterocycles. The average Bonchev–Trinajstić information content (AvgIpc) is 2.47. The van der Waals surface area contributed by atoms with E-state index >= 15 is 0 Å². The largest absolute Gasteiger partial charge is 0.313 e. The lowest BCUT2D eigenvalue weighted by atomic mass is 9.95. The maximum atomic E-state index is 12.9. The van der Waals surface area contributed by atoms with Gasteiger partial charge in [0.15, 0.2) is 0 Å². The van der Waals surface area contributed by atoms with E-state index in [0.717, 1.165) is 12.0 Å². The second-order valence-corrected chi connectivity index (χ2v) is 5.49. The van der Waals surface area contributed by atoms with Crippen LogP contribution in [0.5, 0.6) is 0 Å². The smallest absolute Gasteiger partial charge is 0.123 e. The molecule has 0 aliphatic heterocycles. The fourth-order valence-electron chi connectivity index (χ4n) is 2.36. The van der Waals surface area contributed by atoms with Gasteiger partial charge in [0, 0.05) is 6.04 Å². The van der Waals surface area contributed by atoms with Crippen LogP contribution in [-0.2, 0) is 6.42 Å². The third-order valence-electron chi connectivity index (χ3n) is 3.71. The molecule has 1 unspecified atom stereocenters. The van der Waals surface area contributed by atoms with Crippen molar-refractivity contribution in [3.05, 3.63) is 71.0 Å². The maximum Gasteiger partial charge on any atom is 0.123 e. The zero-order valence-electron chi connectivity index (χ0n) is 12.4. The summed E-state index contributed by atoms with van der Waals surface area (Å²) in [4.78, 5) is 0. The number of likely N-dealkylation sites (N-methyl/N-ethyl adjacent to an activating group) is 1. The highest BCUT2D eigenvalue weighted by Gasteiger charge is 2.10. The summed E-state index contributed by atoms with van der Waals surface area (Å²) in [5.74, 6) is 0.366. The van der Waals surface area contributed by atoms with Crippen LogP contribution < -0.4 is 5.32 Å². The van der Waals surface area contributed by atoms with Crippen molar-refractivity contribution in [1.29, 1.82) is 0 Å². The summed E-state index contributed by atoms with van der Waals surface area (Å²) in [6.07, 6.45) is 0.859. The Morgan fingerprint density at radius 2 is 1.45 bits per heavy atom. The van der Waals surface area contributed by atoms with E-state index in [4.69, 9.17) is 0 Å². The molecule has 0 spiro atoms. The van der Waals surface area contributed by atoms with Crippen molar-refractivity contribution in [2.45, 2.75) is 32.2 Å². The van der Waals surface area contributed by atoms with Crippen LogP contribution in [0.25, 0.3) is 0 Å². The first-order chi connectivity index (χ1) is 9.60. The van der Waals surface area contributed by atoms with Crippen LogP contribution in [-0.4, -0.2) is 7.05 Å². The monoisotopic (exact) mass is 271 g/mol. The van der Waals surface area contributed by atoms with Crippen LogP contribution >= 0.6 is 0 Å².